The number of amides is 1. The summed E-state index contributed by atoms with van der Waals surface area (Å²) in [6.45, 7) is -0.641. The molecule has 0 bridgehead atoms. The van der Waals surface area contributed by atoms with Crippen LogP contribution in [0.3, 0.4) is 0 Å². The second-order valence-electron chi connectivity index (χ2n) is 3.51. The Morgan fingerprint density at radius 3 is 2.94 bits per heavy atom. The molecule has 0 unspecified atom stereocenters. The molecule has 6 heteroatoms. The monoisotopic (exact) mass is 235 g/mol. The maximum Gasteiger partial charge on any atom is 0.323 e. The van der Waals surface area contributed by atoms with Gasteiger partial charge in [-0.15, -0.1) is 0 Å². The van der Waals surface area contributed by atoms with Crippen LogP contribution in [0.25, 0.3) is 0 Å². The number of carbonyl (C=O) groups is 3. The van der Waals surface area contributed by atoms with Crippen LogP contribution in [-0.2, 0) is 9.59 Å². The number of carbonyl (C=O) groups excluding carboxylic acids is 2. The molecule has 6 nitrogen and oxygen atoms in total. The van der Waals surface area contributed by atoms with E-state index in [9.17, 15) is 14.4 Å². The van der Waals surface area contributed by atoms with Gasteiger partial charge in [-0.05, 0) is 18.2 Å². The first-order valence-corrected chi connectivity index (χ1v) is 4.86. The summed E-state index contributed by atoms with van der Waals surface area (Å²) in [6, 6.07) is 4.48. The normalized spacial score (nSPS) is 13.9. The SMILES string of the molecule is O=Cc1ccc2c(c1)OCC(=O)N2CC(=O)O. The van der Waals surface area contributed by atoms with Crippen molar-refractivity contribution in [1.82, 2.24) is 0 Å². The van der Waals surface area contributed by atoms with Gasteiger partial charge in [0.05, 0.1) is 5.69 Å². The molecule has 0 spiro atoms. The fourth-order valence-electron chi connectivity index (χ4n) is 1.60. The zero-order chi connectivity index (χ0) is 12.4. The third kappa shape index (κ3) is 2.10. The standard InChI is InChI=1S/C11H9NO5/c13-5-7-1-2-8-9(3-7)17-6-10(14)12(8)4-11(15)16/h1-3,5H,4,6H2,(H,15,16). The highest BCUT2D eigenvalue weighted by atomic mass is 16.5. The molecule has 1 aliphatic rings. The first-order chi connectivity index (χ1) is 8.11. The van der Waals surface area contributed by atoms with E-state index in [1.807, 2.05) is 0 Å². The predicted octanol–water partition coefficient (Wildman–Crippen LogP) is 0.309. The highest BCUT2D eigenvalue weighted by Gasteiger charge is 2.27. The van der Waals surface area contributed by atoms with E-state index in [1.54, 1.807) is 0 Å². The van der Waals surface area contributed by atoms with Crippen molar-refractivity contribution in [3.63, 3.8) is 0 Å². The summed E-state index contributed by atoms with van der Waals surface area (Å²) < 4.78 is 5.15. The molecule has 88 valence electrons. The van der Waals surface area contributed by atoms with Gasteiger partial charge in [0.1, 0.15) is 18.6 Å². The van der Waals surface area contributed by atoms with E-state index in [0.717, 1.165) is 4.90 Å². The molecule has 0 fully saturated rings. The zero-order valence-corrected chi connectivity index (χ0v) is 8.75. The molecular formula is C11H9NO5. The van der Waals surface area contributed by atoms with Gasteiger partial charge >= 0.3 is 5.97 Å². The lowest BCUT2D eigenvalue weighted by Gasteiger charge is -2.28. The lowest BCUT2D eigenvalue weighted by Crippen LogP contribution is -2.41. The Labute approximate surface area is 96.4 Å². The summed E-state index contributed by atoms with van der Waals surface area (Å²) in [5, 5.41) is 8.72. The van der Waals surface area contributed by atoms with Crippen molar-refractivity contribution in [2.75, 3.05) is 18.1 Å². The first-order valence-electron chi connectivity index (χ1n) is 4.86. The van der Waals surface area contributed by atoms with E-state index < -0.39 is 18.4 Å². The molecule has 0 aliphatic carbocycles. The number of carboxylic acid groups (broad SMARTS) is 1. The van der Waals surface area contributed by atoms with Gasteiger partial charge in [0.15, 0.2) is 6.61 Å². The Bertz CT molecular complexity index is 497. The van der Waals surface area contributed by atoms with E-state index in [2.05, 4.69) is 0 Å². The molecule has 1 aromatic rings. The molecule has 1 aromatic carbocycles. The van der Waals surface area contributed by atoms with E-state index in [1.165, 1.54) is 18.2 Å². The third-order valence-corrected chi connectivity index (χ3v) is 2.36. The van der Waals surface area contributed by atoms with Crippen molar-refractivity contribution in [1.29, 1.82) is 0 Å². The lowest BCUT2D eigenvalue weighted by molar-refractivity contribution is -0.137. The fourth-order valence-corrected chi connectivity index (χ4v) is 1.60. The molecule has 0 radical (unpaired) electrons. The van der Waals surface area contributed by atoms with Crippen molar-refractivity contribution in [3.8, 4) is 5.75 Å². The number of fused-ring (bicyclic) bond motifs is 1. The maximum absolute atomic E-state index is 11.5. The maximum atomic E-state index is 11.5. The quantitative estimate of drug-likeness (QED) is 0.762. The van der Waals surface area contributed by atoms with Crippen LogP contribution in [0, 0.1) is 0 Å². The van der Waals surface area contributed by atoms with Gasteiger partial charge in [0.2, 0.25) is 0 Å². The Balaban J connectivity index is 2.41. The minimum Gasteiger partial charge on any atom is -0.482 e. The summed E-state index contributed by atoms with van der Waals surface area (Å²) in [5.74, 6) is -1.18. The molecular weight excluding hydrogens is 226 g/mol. The summed E-state index contributed by atoms with van der Waals surface area (Å²) in [7, 11) is 0. The second-order valence-corrected chi connectivity index (χ2v) is 3.51. The average Bonchev–Trinajstić information content (AvgIpc) is 2.32. The van der Waals surface area contributed by atoms with Crippen LogP contribution in [0.15, 0.2) is 18.2 Å². The number of nitrogens with zero attached hydrogens (tertiary/aromatic N) is 1. The Morgan fingerprint density at radius 2 is 2.29 bits per heavy atom. The van der Waals surface area contributed by atoms with E-state index in [0.29, 0.717) is 23.3 Å². The number of aldehydes is 1. The summed E-state index contributed by atoms with van der Waals surface area (Å²) in [6.07, 6.45) is 0.654. The molecule has 1 N–H and O–H groups in total. The van der Waals surface area contributed by atoms with E-state index >= 15 is 0 Å². The largest absolute Gasteiger partial charge is 0.482 e. The minimum absolute atomic E-state index is 0.220. The number of anilines is 1. The number of rotatable bonds is 3. The van der Waals surface area contributed by atoms with Gasteiger partial charge in [-0.2, -0.15) is 0 Å². The Morgan fingerprint density at radius 1 is 1.53 bits per heavy atom. The van der Waals surface area contributed by atoms with Gasteiger partial charge in [-0.25, -0.2) is 0 Å². The van der Waals surface area contributed by atoms with Crippen LogP contribution in [0.5, 0.6) is 5.75 Å². The van der Waals surface area contributed by atoms with Crippen LogP contribution in [-0.4, -0.2) is 36.4 Å². The van der Waals surface area contributed by atoms with Crippen LogP contribution in [0.4, 0.5) is 5.69 Å². The molecule has 1 heterocycles. The van der Waals surface area contributed by atoms with Crippen molar-refractivity contribution in [2.24, 2.45) is 0 Å². The molecule has 0 aromatic heterocycles. The fraction of sp³-hybridized carbons (Fsp3) is 0.182. The topological polar surface area (TPSA) is 83.9 Å². The summed E-state index contributed by atoms with van der Waals surface area (Å²) in [4.78, 5) is 33.9. The highest BCUT2D eigenvalue weighted by molar-refractivity contribution is 6.01. The first kappa shape index (κ1) is 11.1. The predicted molar refractivity (Wildman–Crippen MR) is 57.3 cm³/mol. The second kappa shape index (κ2) is 4.25. The Hall–Kier alpha value is -2.37. The van der Waals surface area contributed by atoms with Crippen molar-refractivity contribution < 1.29 is 24.2 Å². The van der Waals surface area contributed by atoms with Crippen molar-refractivity contribution >= 4 is 23.9 Å². The van der Waals surface area contributed by atoms with Crippen molar-refractivity contribution in [3.05, 3.63) is 23.8 Å². The number of hydrogen-bond acceptors (Lipinski definition) is 4. The van der Waals surface area contributed by atoms with Crippen LogP contribution >= 0.6 is 0 Å². The van der Waals surface area contributed by atoms with Gasteiger partial charge < -0.3 is 9.84 Å². The molecule has 0 saturated heterocycles. The molecule has 0 saturated carbocycles. The van der Waals surface area contributed by atoms with Gasteiger partial charge in [-0.1, -0.05) is 0 Å². The van der Waals surface area contributed by atoms with Crippen LogP contribution < -0.4 is 9.64 Å². The number of benzene rings is 1. The molecule has 2 rings (SSSR count). The highest BCUT2D eigenvalue weighted by Crippen LogP contribution is 2.32. The van der Waals surface area contributed by atoms with Crippen LogP contribution in [0.1, 0.15) is 10.4 Å². The summed E-state index contributed by atoms with van der Waals surface area (Å²) in [5.41, 5.74) is 0.780. The number of aliphatic carboxylic acids is 1. The third-order valence-electron chi connectivity index (χ3n) is 2.36. The average molecular weight is 235 g/mol. The zero-order valence-electron chi connectivity index (χ0n) is 8.75. The molecule has 0 atom stereocenters. The summed E-state index contributed by atoms with van der Waals surface area (Å²) >= 11 is 0. The smallest absolute Gasteiger partial charge is 0.323 e. The number of hydrogen-bond donors (Lipinski definition) is 1. The Kier molecular flexibility index (Phi) is 2.78. The number of ether oxygens (including phenoxy) is 1. The van der Waals surface area contributed by atoms with Gasteiger partial charge in [0.25, 0.3) is 5.91 Å². The number of carboxylic acids is 1. The van der Waals surface area contributed by atoms with Gasteiger partial charge in [0, 0.05) is 5.56 Å². The van der Waals surface area contributed by atoms with Crippen molar-refractivity contribution in [2.45, 2.75) is 0 Å². The van der Waals surface area contributed by atoms with E-state index in [-0.39, 0.29) is 6.61 Å². The minimum atomic E-state index is -1.11. The van der Waals surface area contributed by atoms with Gasteiger partial charge in [-0.3, -0.25) is 19.3 Å². The molecule has 17 heavy (non-hydrogen) atoms. The molecule has 1 amide bonds. The lowest BCUT2D eigenvalue weighted by atomic mass is 10.1. The molecule has 1 aliphatic heterocycles. The van der Waals surface area contributed by atoms with Crippen LogP contribution in [0.2, 0.25) is 0 Å². The van der Waals surface area contributed by atoms with E-state index in [4.69, 9.17) is 9.84 Å².